The van der Waals surface area contributed by atoms with E-state index >= 15 is 0 Å². The van der Waals surface area contributed by atoms with E-state index in [1.54, 1.807) is 12.4 Å². The third kappa shape index (κ3) is 3.49. The molecular formula is C16H14BrN3O. The third-order valence-electron chi connectivity index (χ3n) is 3.20. The van der Waals surface area contributed by atoms with Gasteiger partial charge in [-0.15, -0.1) is 0 Å². The fourth-order valence-corrected chi connectivity index (χ4v) is 2.58. The number of hydrogen-bond acceptors (Lipinski definition) is 2. The zero-order valence-electron chi connectivity index (χ0n) is 11.3. The number of amides is 1. The van der Waals surface area contributed by atoms with Gasteiger partial charge in [-0.3, -0.25) is 9.78 Å². The number of rotatable bonds is 4. The Bertz CT molecular complexity index is 768. The van der Waals surface area contributed by atoms with Crippen LogP contribution in [0.4, 0.5) is 0 Å². The standard InChI is InChI=1S/C16H14BrN3O/c17-13-3-4-15-12(7-13)8-14(20-15)10-19-16(21)6-11-2-1-5-18-9-11/h1-5,7-9,20H,6,10H2,(H,19,21). The minimum atomic E-state index is -0.0113. The lowest BCUT2D eigenvalue weighted by Gasteiger charge is -2.03. The SMILES string of the molecule is O=C(Cc1cccnc1)NCc1cc2cc(Br)ccc2[nH]1. The Kier molecular flexibility index (Phi) is 4.01. The van der Waals surface area contributed by atoms with Gasteiger partial charge < -0.3 is 10.3 Å². The summed E-state index contributed by atoms with van der Waals surface area (Å²) in [4.78, 5) is 19.2. The average molecular weight is 344 g/mol. The van der Waals surface area contributed by atoms with Crippen molar-refractivity contribution >= 4 is 32.7 Å². The summed E-state index contributed by atoms with van der Waals surface area (Å²) in [7, 11) is 0. The molecule has 0 atom stereocenters. The van der Waals surface area contributed by atoms with Crippen LogP contribution in [0.5, 0.6) is 0 Å². The predicted octanol–water partition coefficient (Wildman–Crippen LogP) is 3.18. The topological polar surface area (TPSA) is 57.8 Å². The van der Waals surface area contributed by atoms with E-state index in [2.05, 4.69) is 31.2 Å². The number of nitrogens with one attached hydrogen (secondary N) is 2. The number of fused-ring (bicyclic) bond motifs is 1. The Hall–Kier alpha value is -2.14. The quantitative estimate of drug-likeness (QED) is 0.764. The Labute approximate surface area is 130 Å². The van der Waals surface area contributed by atoms with Gasteiger partial charge in [0.15, 0.2) is 0 Å². The first-order valence-corrected chi connectivity index (χ1v) is 7.43. The van der Waals surface area contributed by atoms with E-state index < -0.39 is 0 Å². The molecule has 0 aliphatic carbocycles. The number of halogens is 1. The van der Waals surface area contributed by atoms with E-state index in [1.807, 2.05) is 36.4 Å². The van der Waals surface area contributed by atoms with E-state index in [4.69, 9.17) is 0 Å². The molecule has 3 rings (SSSR count). The number of hydrogen-bond donors (Lipinski definition) is 2. The Morgan fingerprint density at radius 1 is 1.29 bits per heavy atom. The second-order valence-corrected chi connectivity index (χ2v) is 5.76. The van der Waals surface area contributed by atoms with Crippen molar-refractivity contribution in [2.75, 3.05) is 0 Å². The van der Waals surface area contributed by atoms with Gasteiger partial charge in [0.25, 0.3) is 0 Å². The van der Waals surface area contributed by atoms with Crippen LogP contribution in [-0.4, -0.2) is 15.9 Å². The molecule has 0 aliphatic heterocycles. The molecule has 0 unspecified atom stereocenters. The van der Waals surface area contributed by atoms with Gasteiger partial charge in [0, 0.05) is 33.5 Å². The molecule has 2 heterocycles. The summed E-state index contributed by atoms with van der Waals surface area (Å²) in [5.74, 6) is -0.0113. The van der Waals surface area contributed by atoms with Crippen LogP contribution in [0.2, 0.25) is 0 Å². The number of H-pyrrole nitrogens is 1. The first kappa shape index (κ1) is 13.8. The van der Waals surface area contributed by atoms with Crippen LogP contribution < -0.4 is 5.32 Å². The molecule has 0 saturated heterocycles. The average Bonchev–Trinajstić information content (AvgIpc) is 2.88. The van der Waals surface area contributed by atoms with Crippen molar-refractivity contribution < 1.29 is 4.79 Å². The van der Waals surface area contributed by atoms with Crippen molar-refractivity contribution in [2.45, 2.75) is 13.0 Å². The van der Waals surface area contributed by atoms with Crippen LogP contribution in [0.3, 0.4) is 0 Å². The molecule has 3 aromatic rings. The summed E-state index contributed by atoms with van der Waals surface area (Å²) in [5.41, 5.74) is 2.97. The normalized spacial score (nSPS) is 10.7. The molecule has 5 heteroatoms. The molecule has 4 nitrogen and oxygen atoms in total. The molecule has 0 fully saturated rings. The summed E-state index contributed by atoms with van der Waals surface area (Å²) >= 11 is 3.45. The number of pyridine rings is 1. The summed E-state index contributed by atoms with van der Waals surface area (Å²) in [6.07, 6.45) is 3.75. The summed E-state index contributed by atoms with van der Waals surface area (Å²) in [6, 6.07) is 11.8. The van der Waals surface area contributed by atoms with Crippen molar-refractivity contribution in [1.82, 2.24) is 15.3 Å². The molecule has 0 bridgehead atoms. The number of carbonyl (C=O) groups is 1. The van der Waals surface area contributed by atoms with Crippen molar-refractivity contribution in [3.8, 4) is 0 Å². The third-order valence-corrected chi connectivity index (χ3v) is 3.70. The highest BCUT2D eigenvalue weighted by molar-refractivity contribution is 9.10. The lowest BCUT2D eigenvalue weighted by Crippen LogP contribution is -2.24. The highest BCUT2D eigenvalue weighted by Gasteiger charge is 2.05. The Balaban J connectivity index is 1.62. The van der Waals surface area contributed by atoms with Crippen LogP contribution in [0.1, 0.15) is 11.3 Å². The number of aromatic amines is 1. The lowest BCUT2D eigenvalue weighted by molar-refractivity contribution is -0.120. The monoisotopic (exact) mass is 343 g/mol. The molecule has 0 spiro atoms. The van der Waals surface area contributed by atoms with Gasteiger partial charge in [0.1, 0.15) is 0 Å². The number of aromatic nitrogens is 2. The maximum absolute atomic E-state index is 11.9. The second-order valence-electron chi connectivity index (χ2n) is 4.84. The summed E-state index contributed by atoms with van der Waals surface area (Å²) < 4.78 is 1.04. The molecule has 2 N–H and O–H groups in total. The molecule has 1 amide bonds. The van der Waals surface area contributed by atoms with Crippen molar-refractivity contribution in [1.29, 1.82) is 0 Å². The summed E-state index contributed by atoms with van der Waals surface area (Å²) in [6.45, 7) is 0.491. The number of benzene rings is 1. The van der Waals surface area contributed by atoms with Crippen molar-refractivity contribution in [2.24, 2.45) is 0 Å². The van der Waals surface area contributed by atoms with Crippen LogP contribution in [0.15, 0.2) is 53.3 Å². The minimum Gasteiger partial charge on any atom is -0.357 e. The van der Waals surface area contributed by atoms with E-state index in [-0.39, 0.29) is 5.91 Å². The van der Waals surface area contributed by atoms with Crippen molar-refractivity contribution in [3.05, 3.63) is 64.5 Å². The first-order valence-electron chi connectivity index (χ1n) is 6.63. The highest BCUT2D eigenvalue weighted by atomic mass is 79.9. The maximum atomic E-state index is 11.9. The number of nitrogens with zero attached hydrogens (tertiary/aromatic N) is 1. The van der Waals surface area contributed by atoms with Gasteiger partial charge in [-0.25, -0.2) is 0 Å². The van der Waals surface area contributed by atoms with Gasteiger partial charge in [-0.2, -0.15) is 0 Å². The van der Waals surface area contributed by atoms with E-state index in [9.17, 15) is 4.79 Å². The molecule has 0 saturated carbocycles. The van der Waals surface area contributed by atoms with Gasteiger partial charge in [0.05, 0.1) is 13.0 Å². The lowest BCUT2D eigenvalue weighted by atomic mass is 10.2. The smallest absolute Gasteiger partial charge is 0.224 e. The minimum absolute atomic E-state index is 0.0113. The predicted molar refractivity (Wildman–Crippen MR) is 85.8 cm³/mol. The van der Waals surface area contributed by atoms with Crippen molar-refractivity contribution in [3.63, 3.8) is 0 Å². The van der Waals surface area contributed by atoms with Gasteiger partial charge in [0.2, 0.25) is 5.91 Å². The van der Waals surface area contributed by atoms with Crippen LogP contribution in [0.25, 0.3) is 10.9 Å². The molecule has 21 heavy (non-hydrogen) atoms. The van der Waals surface area contributed by atoms with E-state index in [0.717, 1.165) is 26.6 Å². The molecule has 2 aromatic heterocycles. The zero-order valence-corrected chi connectivity index (χ0v) is 12.9. The first-order chi connectivity index (χ1) is 10.2. The van der Waals surface area contributed by atoms with Gasteiger partial charge in [-0.1, -0.05) is 22.0 Å². The van der Waals surface area contributed by atoms with E-state index in [1.165, 1.54) is 0 Å². The molecule has 0 radical (unpaired) electrons. The molecule has 1 aromatic carbocycles. The van der Waals surface area contributed by atoms with Gasteiger partial charge in [-0.05, 0) is 35.9 Å². The molecular weight excluding hydrogens is 330 g/mol. The van der Waals surface area contributed by atoms with Crippen LogP contribution >= 0.6 is 15.9 Å². The van der Waals surface area contributed by atoms with Crippen LogP contribution in [0, 0.1) is 0 Å². The fraction of sp³-hybridized carbons (Fsp3) is 0.125. The van der Waals surface area contributed by atoms with E-state index in [0.29, 0.717) is 13.0 Å². The van der Waals surface area contributed by atoms with Crippen LogP contribution in [-0.2, 0) is 17.8 Å². The Morgan fingerprint density at radius 3 is 3.00 bits per heavy atom. The second kappa shape index (κ2) is 6.10. The molecule has 106 valence electrons. The highest BCUT2D eigenvalue weighted by Crippen LogP contribution is 2.20. The molecule has 0 aliphatic rings. The zero-order chi connectivity index (χ0) is 14.7. The van der Waals surface area contributed by atoms with Gasteiger partial charge >= 0.3 is 0 Å². The summed E-state index contributed by atoms with van der Waals surface area (Å²) in [5, 5.41) is 4.04. The Morgan fingerprint density at radius 2 is 2.19 bits per heavy atom. The fourth-order valence-electron chi connectivity index (χ4n) is 2.20. The largest absolute Gasteiger partial charge is 0.357 e. The maximum Gasteiger partial charge on any atom is 0.224 e. The number of carbonyl (C=O) groups excluding carboxylic acids is 1.